The van der Waals surface area contributed by atoms with Crippen LogP contribution >= 0.6 is 0 Å². The Bertz CT molecular complexity index is 626. The highest BCUT2D eigenvalue weighted by Crippen LogP contribution is 2.67. The van der Waals surface area contributed by atoms with Gasteiger partial charge in [0.1, 0.15) is 5.60 Å². The molecule has 0 saturated heterocycles. The molecule has 4 aliphatic rings. The summed E-state index contributed by atoms with van der Waals surface area (Å²) in [5.41, 5.74) is 1.64. The lowest BCUT2D eigenvalue weighted by molar-refractivity contribution is -0.0794. The average Bonchev–Trinajstić information content (AvgIpc) is 2.88. The number of aliphatic hydroxyl groups excluding tert-OH is 1. The Labute approximate surface area is 146 Å². The van der Waals surface area contributed by atoms with Crippen molar-refractivity contribution >= 4 is 0 Å². The first-order valence-corrected chi connectivity index (χ1v) is 9.72. The zero-order valence-corrected chi connectivity index (χ0v) is 14.8. The van der Waals surface area contributed by atoms with Crippen LogP contribution in [-0.4, -0.2) is 21.9 Å². The fraction of sp³-hybridized carbons (Fsp3) is 0.727. The van der Waals surface area contributed by atoms with Crippen LogP contribution < -0.4 is 0 Å². The zero-order chi connectivity index (χ0) is 17.1. The summed E-state index contributed by atoms with van der Waals surface area (Å²) in [5.74, 6) is 5.00. The van der Waals surface area contributed by atoms with Gasteiger partial charge in [0.25, 0.3) is 0 Å². The van der Waals surface area contributed by atoms with Crippen molar-refractivity contribution in [2.75, 3.05) is 0 Å². The van der Waals surface area contributed by atoms with Crippen LogP contribution in [0.4, 0.5) is 0 Å². The van der Waals surface area contributed by atoms with Crippen LogP contribution in [0.25, 0.3) is 0 Å². The monoisotopic (exact) mass is 326 g/mol. The van der Waals surface area contributed by atoms with Gasteiger partial charge in [-0.1, -0.05) is 36.6 Å². The van der Waals surface area contributed by atoms with Crippen LogP contribution in [0.15, 0.2) is 23.8 Å². The number of rotatable bonds is 1. The van der Waals surface area contributed by atoms with Gasteiger partial charge in [-0.05, 0) is 75.0 Å². The lowest BCUT2D eigenvalue weighted by atomic mass is 9.48. The third kappa shape index (κ3) is 1.98. The minimum Gasteiger partial charge on any atom is -0.389 e. The first kappa shape index (κ1) is 16.4. The maximum Gasteiger partial charge on any atom is 0.131 e. The van der Waals surface area contributed by atoms with Crippen LogP contribution in [0.3, 0.4) is 0 Å². The maximum absolute atomic E-state index is 11.2. The molecule has 0 radical (unpaired) electrons. The van der Waals surface area contributed by atoms with Crippen molar-refractivity contribution < 1.29 is 10.2 Å². The molecule has 0 aliphatic heterocycles. The Morgan fingerprint density at radius 2 is 2.12 bits per heavy atom. The Balaban J connectivity index is 1.73. The summed E-state index contributed by atoms with van der Waals surface area (Å²) < 4.78 is 0. The van der Waals surface area contributed by atoms with Gasteiger partial charge in [-0.2, -0.15) is 0 Å². The molecule has 0 amide bonds. The zero-order valence-electron chi connectivity index (χ0n) is 14.8. The van der Waals surface area contributed by atoms with E-state index < -0.39 is 5.60 Å². The third-order valence-electron chi connectivity index (χ3n) is 8.07. The van der Waals surface area contributed by atoms with Crippen LogP contribution in [-0.2, 0) is 0 Å². The number of hydrogen-bond acceptors (Lipinski definition) is 2. The standard InChI is InChI=1S/C22H30O2/c1-4-21-13-14(3)20-17-9-7-16(23)12-15(17)6-8-18(20)19(21)10-11-22(21,24)5-2/h2,12,16-20,23-24H,3-4,6-11,13H2,1H3. The lowest BCUT2D eigenvalue weighted by Crippen LogP contribution is -2.54. The molecule has 0 aromatic rings. The third-order valence-corrected chi connectivity index (χ3v) is 8.07. The van der Waals surface area contributed by atoms with E-state index in [0.717, 1.165) is 51.4 Å². The number of fused-ring (bicyclic) bond motifs is 5. The van der Waals surface area contributed by atoms with Crippen molar-refractivity contribution in [3.63, 3.8) is 0 Å². The number of hydrogen-bond donors (Lipinski definition) is 2. The Morgan fingerprint density at radius 1 is 1.33 bits per heavy atom. The van der Waals surface area contributed by atoms with Gasteiger partial charge in [0, 0.05) is 5.41 Å². The topological polar surface area (TPSA) is 40.5 Å². The SMILES string of the molecule is C#CC1(O)CCC2C3CCC4=CC(O)CCC4C3C(=C)CC21CC. The van der Waals surface area contributed by atoms with Gasteiger partial charge in [0.05, 0.1) is 6.10 Å². The molecule has 3 saturated carbocycles. The molecule has 2 heteroatoms. The predicted molar refractivity (Wildman–Crippen MR) is 96.0 cm³/mol. The van der Waals surface area contributed by atoms with Gasteiger partial charge in [0.2, 0.25) is 0 Å². The van der Waals surface area contributed by atoms with E-state index in [1.165, 1.54) is 11.1 Å². The molecule has 2 nitrogen and oxygen atoms in total. The molecular weight excluding hydrogens is 296 g/mol. The van der Waals surface area contributed by atoms with Gasteiger partial charge < -0.3 is 10.2 Å². The Kier molecular flexibility index (Phi) is 3.75. The van der Waals surface area contributed by atoms with Gasteiger partial charge in [-0.15, -0.1) is 6.42 Å². The molecule has 7 unspecified atom stereocenters. The minimum absolute atomic E-state index is 0.171. The largest absolute Gasteiger partial charge is 0.389 e. The van der Waals surface area contributed by atoms with Crippen molar-refractivity contribution in [2.45, 2.75) is 70.0 Å². The van der Waals surface area contributed by atoms with Crippen molar-refractivity contribution in [2.24, 2.45) is 29.1 Å². The molecular formula is C22H30O2. The molecule has 130 valence electrons. The first-order valence-electron chi connectivity index (χ1n) is 9.72. The normalized spacial score (nSPS) is 50.3. The van der Waals surface area contributed by atoms with E-state index >= 15 is 0 Å². The van der Waals surface area contributed by atoms with Crippen molar-refractivity contribution in [1.29, 1.82) is 0 Å². The van der Waals surface area contributed by atoms with Gasteiger partial charge in [-0.25, -0.2) is 0 Å². The van der Waals surface area contributed by atoms with Crippen molar-refractivity contribution in [1.82, 2.24) is 0 Å². The Hall–Kier alpha value is -1.04. The van der Waals surface area contributed by atoms with E-state index in [-0.39, 0.29) is 11.5 Å². The van der Waals surface area contributed by atoms with Crippen molar-refractivity contribution in [3.05, 3.63) is 23.8 Å². The van der Waals surface area contributed by atoms with Crippen LogP contribution in [0.1, 0.15) is 58.3 Å². The fourth-order valence-corrected chi connectivity index (χ4v) is 7.03. The quantitative estimate of drug-likeness (QED) is 0.568. The van der Waals surface area contributed by atoms with Crippen molar-refractivity contribution in [3.8, 4) is 12.3 Å². The van der Waals surface area contributed by atoms with Crippen LogP contribution in [0.2, 0.25) is 0 Å². The fourth-order valence-electron chi connectivity index (χ4n) is 7.03. The summed E-state index contributed by atoms with van der Waals surface area (Å²) in [5, 5.41) is 21.2. The number of aliphatic hydroxyl groups is 2. The minimum atomic E-state index is -0.959. The molecule has 0 aromatic carbocycles. The summed E-state index contributed by atoms with van der Waals surface area (Å²) in [6.07, 6.45) is 15.5. The van der Waals surface area contributed by atoms with E-state index in [2.05, 4.69) is 25.5 Å². The summed E-state index contributed by atoms with van der Waals surface area (Å²) in [4.78, 5) is 0. The molecule has 0 bridgehead atoms. The lowest BCUT2D eigenvalue weighted by Gasteiger charge is -2.57. The van der Waals surface area contributed by atoms with Crippen LogP contribution in [0.5, 0.6) is 0 Å². The first-order chi connectivity index (χ1) is 11.5. The van der Waals surface area contributed by atoms with E-state index in [1.54, 1.807) is 0 Å². The van der Waals surface area contributed by atoms with E-state index in [4.69, 9.17) is 6.42 Å². The second-order valence-corrected chi connectivity index (χ2v) is 8.72. The molecule has 0 spiro atoms. The van der Waals surface area contributed by atoms with E-state index in [0.29, 0.717) is 23.7 Å². The molecule has 2 N–H and O–H groups in total. The second-order valence-electron chi connectivity index (χ2n) is 8.72. The number of terminal acetylenes is 1. The molecule has 7 atom stereocenters. The van der Waals surface area contributed by atoms with E-state index in [1.807, 2.05) is 0 Å². The smallest absolute Gasteiger partial charge is 0.131 e. The Morgan fingerprint density at radius 3 is 2.83 bits per heavy atom. The molecule has 4 aliphatic carbocycles. The highest BCUT2D eigenvalue weighted by atomic mass is 16.3. The molecule has 4 rings (SSSR count). The summed E-state index contributed by atoms with van der Waals surface area (Å²) >= 11 is 0. The molecule has 3 fully saturated rings. The number of allylic oxidation sites excluding steroid dienone is 2. The predicted octanol–water partition coefficient (Wildman–Crippen LogP) is 3.84. The second kappa shape index (κ2) is 5.48. The summed E-state index contributed by atoms with van der Waals surface area (Å²) in [6.45, 7) is 6.69. The molecule has 24 heavy (non-hydrogen) atoms. The average molecular weight is 326 g/mol. The van der Waals surface area contributed by atoms with Crippen LogP contribution in [0, 0.1) is 41.4 Å². The highest BCUT2D eigenvalue weighted by molar-refractivity contribution is 5.32. The van der Waals surface area contributed by atoms with Gasteiger partial charge in [-0.3, -0.25) is 0 Å². The summed E-state index contributed by atoms with van der Waals surface area (Å²) in [7, 11) is 0. The maximum atomic E-state index is 11.2. The van der Waals surface area contributed by atoms with E-state index in [9.17, 15) is 10.2 Å². The molecule has 0 aromatic heterocycles. The summed E-state index contributed by atoms with van der Waals surface area (Å²) in [6, 6.07) is 0. The van der Waals surface area contributed by atoms with Gasteiger partial charge in [0.15, 0.2) is 0 Å². The van der Waals surface area contributed by atoms with Gasteiger partial charge >= 0.3 is 0 Å². The highest BCUT2D eigenvalue weighted by Gasteiger charge is 2.64. The molecule has 0 heterocycles.